The minimum Gasteiger partial charge on any atom is -0.489 e. The van der Waals surface area contributed by atoms with E-state index in [1.54, 1.807) is 0 Å². The van der Waals surface area contributed by atoms with E-state index in [1.165, 1.54) is 0 Å². The summed E-state index contributed by atoms with van der Waals surface area (Å²) in [5.41, 5.74) is 2.11. The molecule has 0 heterocycles. The van der Waals surface area contributed by atoms with Gasteiger partial charge in [-0.25, -0.2) is 0 Å². The maximum absolute atomic E-state index is 11.0. The molecule has 0 unspecified atom stereocenters. The molecule has 0 radical (unpaired) electrons. The Hall–Kier alpha value is -2.29. The van der Waals surface area contributed by atoms with Gasteiger partial charge in [-0.1, -0.05) is 48.5 Å². The Bertz CT molecular complexity index is 607. The van der Waals surface area contributed by atoms with Crippen molar-refractivity contribution < 1.29 is 14.6 Å². The zero-order valence-electron chi connectivity index (χ0n) is 11.0. The highest BCUT2D eigenvalue weighted by Gasteiger charge is 2.45. The van der Waals surface area contributed by atoms with Crippen LogP contribution in [0.5, 0.6) is 5.75 Å². The van der Waals surface area contributed by atoms with E-state index in [-0.39, 0.29) is 11.8 Å². The molecule has 102 valence electrons. The number of hydrogen-bond donors (Lipinski definition) is 1. The lowest BCUT2D eigenvalue weighted by Crippen LogP contribution is -2.01. The molecule has 3 heteroatoms. The number of benzene rings is 2. The first-order chi connectivity index (χ1) is 9.75. The van der Waals surface area contributed by atoms with Gasteiger partial charge in [-0.05, 0) is 23.6 Å². The lowest BCUT2D eigenvalue weighted by Gasteiger charge is -2.11. The molecule has 1 saturated carbocycles. The van der Waals surface area contributed by atoms with E-state index in [4.69, 9.17) is 9.84 Å². The van der Waals surface area contributed by atoms with Gasteiger partial charge in [-0.3, -0.25) is 4.79 Å². The molecule has 0 amide bonds. The van der Waals surface area contributed by atoms with Gasteiger partial charge in [0.2, 0.25) is 0 Å². The third-order valence-corrected chi connectivity index (χ3v) is 3.66. The van der Waals surface area contributed by atoms with Crippen molar-refractivity contribution >= 4 is 5.97 Å². The predicted molar refractivity (Wildman–Crippen MR) is 75.7 cm³/mol. The minimum absolute atomic E-state index is 0.0967. The lowest BCUT2D eigenvalue weighted by molar-refractivity contribution is -0.138. The molecule has 0 spiro atoms. The number of rotatable bonds is 5. The van der Waals surface area contributed by atoms with Crippen molar-refractivity contribution in [1.29, 1.82) is 0 Å². The molecule has 1 aliphatic rings. The van der Waals surface area contributed by atoms with Crippen molar-refractivity contribution in [3.63, 3.8) is 0 Å². The van der Waals surface area contributed by atoms with Crippen LogP contribution in [0, 0.1) is 5.92 Å². The molecule has 20 heavy (non-hydrogen) atoms. The SMILES string of the molecule is O=C(O)[C@@H]1C[C@H]1c1ccccc1OCc1ccccc1. The Labute approximate surface area is 117 Å². The third-order valence-electron chi connectivity index (χ3n) is 3.66. The van der Waals surface area contributed by atoms with Gasteiger partial charge in [-0.2, -0.15) is 0 Å². The predicted octanol–water partition coefficient (Wildman–Crippen LogP) is 3.45. The van der Waals surface area contributed by atoms with Gasteiger partial charge in [-0.15, -0.1) is 0 Å². The highest BCUT2D eigenvalue weighted by molar-refractivity contribution is 5.75. The molecular formula is C17H16O3. The summed E-state index contributed by atoms with van der Waals surface area (Å²) in [4.78, 5) is 11.0. The summed E-state index contributed by atoms with van der Waals surface area (Å²) in [6, 6.07) is 17.7. The van der Waals surface area contributed by atoms with Crippen LogP contribution in [0.4, 0.5) is 0 Å². The van der Waals surface area contributed by atoms with Crippen LogP contribution < -0.4 is 4.74 Å². The summed E-state index contributed by atoms with van der Waals surface area (Å²) in [6.45, 7) is 0.502. The molecule has 3 rings (SSSR count). The smallest absolute Gasteiger partial charge is 0.307 e. The molecule has 1 aliphatic carbocycles. The molecule has 1 N–H and O–H groups in total. The first-order valence-electron chi connectivity index (χ1n) is 6.74. The average molecular weight is 268 g/mol. The van der Waals surface area contributed by atoms with E-state index in [0.29, 0.717) is 13.0 Å². The molecule has 0 bridgehead atoms. The van der Waals surface area contributed by atoms with Gasteiger partial charge >= 0.3 is 5.97 Å². The van der Waals surface area contributed by atoms with Gasteiger partial charge in [0.05, 0.1) is 5.92 Å². The second kappa shape index (κ2) is 5.37. The number of ether oxygens (including phenoxy) is 1. The summed E-state index contributed by atoms with van der Waals surface area (Å²) < 4.78 is 5.86. The second-order valence-corrected chi connectivity index (χ2v) is 5.10. The Kier molecular flexibility index (Phi) is 3.42. The number of hydrogen-bond acceptors (Lipinski definition) is 2. The highest BCUT2D eigenvalue weighted by atomic mass is 16.5. The number of para-hydroxylation sites is 1. The van der Waals surface area contributed by atoms with Crippen LogP contribution in [0.25, 0.3) is 0 Å². The Morgan fingerprint density at radius 1 is 1.10 bits per heavy atom. The van der Waals surface area contributed by atoms with Crippen molar-refractivity contribution in [1.82, 2.24) is 0 Å². The maximum atomic E-state index is 11.0. The summed E-state index contributed by atoms with van der Waals surface area (Å²) in [7, 11) is 0. The minimum atomic E-state index is -0.715. The molecule has 0 aromatic heterocycles. The molecule has 0 saturated heterocycles. The van der Waals surface area contributed by atoms with Gasteiger partial charge in [0.1, 0.15) is 12.4 Å². The molecule has 2 atom stereocenters. The standard InChI is InChI=1S/C17H16O3/c18-17(19)15-10-14(15)13-8-4-5-9-16(13)20-11-12-6-2-1-3-7-12/h1-9,14-15H,10-11H2,(H,18,19)/t14-,15+/m0/s1. The van der Waals surface area contributed by atoms with Gasteiger partial charge in [0.15, 0.2) is 0 Å². The normalized spacial score (nSPS) is 20.4. The summed E-state index contributed by atoms with van der Waals surface area (Å²) in [5, 5.41) is 9.04. The number of carboxylic acid groups (broad SMARTS) is 1. The molecule has 2 aromatic carbocycles. The van der Waals surface area contributed by atoms with Gasteiger partial charge in [0, 0.05) is 5.92 Å². The monoisotopic (exact) mass is 268 g/mol. The Morgan fingerprint density at radius 2 is 1.80 bits per heavy atom. The Balaban J connectivity index is 1.72. The maximum Gasteiger partial charge on any atom is 0.307 e. The van der Waals surface area contributed by atoms with Gasteiger partial charge < -0.3 is 9.84 Å². The lowest BCUT2D eigenvalue weighted by atomic mass is 10.1. The van der Waals surface area contributed by atoms with Crippen LogP contribution in [0.1, 0.15) is 23.5 Å². The summed E-state index contributed by atoms with van der Waals surface area (Å²) in [6.07, 6.45) is 0.709. The third kappa shape index (κ3) is 2.67. The fourth-order valence-corrected chi connectivity index (χ4v) is 2.47. The van der Waals surface area contributed by atoms with Gasteiger partial charge in [0.25, 0.3) is 0 Å². The van der Waals surface area contributed by atoms with Crippen molar-refractivity contribution in [3.8, 4) is 5.75 Å². The van der Waals surface area contributed by atoms with Crippen molar-refractivity contribution in [3.05, 3.63) is 65.7 Å². The largest absolute Gasteiger partial charge is 0.489 e. The number of carbonyl (C=O) groups is 1. The first-order valence-corrected chi connectivity index (χ1v) is 6.74. The van der Waals surface area contributed by atoms with Crippen LogP contribution >= 0.6 is 0 Å². The summed E-state index contributed by atoms with van der Waals surface area (Å²) in [5.74, 6) is -0.0751. The second-order valence-electron chi connectivity index (χ2n) is 5.10. The highest BCUT2D eigenvalue weighted by Crippen LogP contribution is 2.50. The van der Waals surface area contributed by atoms with E-state index in [9.17, 15) is 4.79 Å². The number of aliphatic carboxylic acids is 1. The topological polar surface area (TPSA) is 46.5 Å². The van der Waals surface area contributed by atoms with E-state index in [2.05, 4.69) is 0 Å². The Morgan fingerprint density at radius 3 is 2.50 bits per heavy atom. The van der Waals surface area contributed by atoms with E-state index >= 15 is 0 Å². The van der Waals surface area contributed by atoms with Crippen LogP contribution in [-0.4, -0.2) is 11.1 Å². The quantitative estimate of drug-likeness (QED) is 0.903. The van der Waals surface area contributed by atoms with E-state index in [1.807, 2.05) is 54.6 Å². The molecule has 0 aliphatic heterocycles. The fraction of sp³-hybridized carbons (Fsp3) is 0.235. The van der Waals surface area contributed by atoms with E-state index in [0.717, 1.165) is 16.9 Å². The van der Waals surface area contributed by atoms with E-state index < -0.39 is 5.97 Å². The van der Waals surface area contributed by atoms with Crippen molar-refractivity contribution in [2.75, 3.05) is 0 Å². The van der Waals surface area contributed by atoms with Crippen molar-refractivity contribution in [2.45, 2.75) is 18.9 Å². The van der Waals surface area contributed by atoms with Crippen LogP contribution in [-0.2, 0) is 11.4 Å². The van der Waals surface area contributed by atoms with Crippen LogP contribution in [0.3, 0.4) is 0 Å². The molecule has 3 nitrogen and oxygen atoms in total. The zero-order valence-corrected chi connectivity index (χ0v) is 11.0. The molecule has 1 fully saturated rings. The first kappa shape index (κ1) is 12.7. The van der Waals surface area contributed by atoms with Crippen LogP contribution in [0.2, 0.25) is 0 Å². The fourth-order valence-electron chi connectivity index (χ4n) is 2.47. The zero-order chi connectivity index (χ0) is 13.9. The molecular weight excluding hydrogens is 252 g/mol. The summed E-state index contributed by atoms with van der Waals surface area (Å²) >= 11 is 0. The van der Waals surface area contributed by atoms with Crippen molar-refractivity contribution in [2.24, 2.45) is 5.92 Å². The molecule has 2 aromatic rings. The average Bonchev–Trinajstić information content (AvgIpc) is 3.27. The van der Waals surface area contributed by atoms with Crippen LogP contribution in [0.15, 0.2) is 54.6 Å². The number of carboxylic acids is 1.